The second-order valence-electron chi connectivity index (χ2n) is 7.57. The Bertz CT molecular complexity index is 994. The number of amidine groups is 1. The molecule has 0 amide bonds. The predicted octanol–water partition coefficient (Wildman–Crippen LogP) is 3.89. The minimum atomic E-state index is -2.94. The number of fused-ring (bicyclic) bond motifs is 1. The molecule has 142 valence electrons. The molecule has 0 aromatic heterocycles. The summed E-state index contributed by atoms with van der Waals surface area (Å²) in [6, 6.07) is 14.8. The Morgan fingerprint density at radius 2 is 1.78 bits per heavy atom. The number of anilines is 1. The van der Waals surface area contributed by atoms with E-state index in [1.165, 1.54) is 22.3 Å². The van der Waals surface area contributed by atoms with Crippen molar-refractivity contribution in [1.82, 2.24) is 0 Å². The molecule has 0 radical (unpaired) electrons. The zero-order chi connectivity index (χ0) is 19.2. The van der Waals surface area contributed by atoms with E-state index < -0.39 is 9.84 Å². The fourth-order valence-corrected chi connectivity index (χ4v) is 7.58. The molecule has 0 aliphatic carbocycles. The molecule has 0 saturated carbocycles. The lowest BCUT2D eigenvalue weighted by atomic mass is 10.1. The van der Waals surface area contributed by atoms with E-state index in [1.807, 2.05) is 0 Å². The van der Waals surface area contributed by atoms with Crippen LogP contribution in [-0.2, 0) is 16.4 Å². The minimum absolute atomic E-state index is 0.0512. The molecule has 2 heterocycles. The van der Waals surface area contributed by atoms with Crippen LogP contribution in [0.4, 0.5) is 5.69 Å². The second kappa shape index (κ2) is 6.99. The number of thioether (sulfide) groups is 1. The topological polar surface area (TPSA) is 49.7 Å². The van der Waals surface area contributed by atoms with Gasteiger partial charge < -0.3 is 4.90 Å². The van der Waals surface area contributed by atoms with Gasteiger partial charge in [0.25, 0.3) is 0 Å². The SMILES string of the molecule is Cc1cc(C)cc(N(Cc2ccccc2C)C2=N[C@@H]3CS(=O)(=O)C[C@H]3S2)c1. The Hall–Kier alpha value is -1.79. The number of nitrogens with zero attached hydrogens (tertiary/aromatic N) is 2. The monoisotopic (exact) mass is 400 g/mol. The molecule has 0 N–H and O–H groups in total. The minimum Gasteiger partial charge on any atom is -0.317 e. The lowest BCUT2D eigenvalue weighted by Crippen LogP contribution is -2.28. The van der Waals surface area contributed by atoms with Crippen molar-refractivity contribution in [1.29, 1.82) is 0 Å². The molecule has 2 aliphatic heterocycles. The molecule has 2 atom stereocenters. The van der Waals surface area contributed by atoms with Gasteiger partial charge in [-0.3, -0.25) is 4.99 Å². The van der Waals surface area contributed by atoms with Gasteiger partial charge in [-0.2, -0.15) is 0 Å². The lowest BCUT2D eigenvalue weighted by molar-refractivity contribution is 0.601. The van der Waals surface area contributed by atoms with Gasteiger partial charge in [-0.15, -0.1) is 0 Å². The second-order valence-corrected chi connectivity index (χ2v) is 10.9. The van der Waals surface area contributed by atoms with Crippen LogP contribution in [0.15, 0.2) is 47.5 Å². The summed E-state index contributed by atoms with van der Waals surface area (Å²) in [5, 5.41) is 0.989. The summed E-state index contributed by atoms with van der Waals surface area (Å²) in [4.78, 5) is 7.08. The zero-order valence-electron chi connectivity index (χ0n) is 15.8. The van der Waals surface area contributed by atoms with E-state index in [4.69, 9.17) is 4.99 Å². The van der Waals surface area contributed by atoms with Crippen molar-refractivity contribution in [2.24, 2.45) is 4.99 Å². The Kier molecular flexibility index (Phi) is 4.80. The Morgan fingerprint density at radius 1 is 1.07 bits per heavy atom. The summed E-state index contributed by atoms with van der Waals surface area (Å²) in [6.45, 7) is 7.06. The molecule has 4 rings (SSSR count). The number of benzene rings is 2. The summed E-state index contributed by atoms with van der Waals surface area (Å²) in [7, 11) is -2.94. The average molecular weight is 401 g/mol. The molecule has 1 fully saturated rings. The highest BCUT2D eigenvalue weighted by atomic mass is 32.2. The molecule has 27 heavy (non-hydrogen) atoms. The van der Waals surface area contributed by atoms with E-state index >= 15 is 0 Å². The van der Waals surface area contributed by atoms with Gasteiger partial charge in [0.15, 0.2) is 15.0 Å². The van der Waals surface area contributed by atoms with Gasteiger partial charge in [0.05, 0.1) is 24.1 Å². The van der Waals surface area contributed by atoms with Crippen molar-refractivity contribution in [3.63, 3.8) is 0 Å². The van der Waals surface area contributed by atoms with E-state index in [-0.39, 0.29) is 22.8 Å². The van der Waals surface area contributed by atoms with Crippen molar-refractivity contribution in [2.75, 3.05) is 16.4 Å². The fraction of sp³-hybridized carbons (Fsp3) is 0.381. The van der Waals surface area contributed by atoms with Crippen molar-refractivity contribution in [2.45, 2.75) is 38.6 Å². The number of aliphatic imine (C=N–C) groups is 1. The fourth-order valence-electron chi connectivity index (χ4n) is 3.80. The smallest absolute Gasteiger partial charge is 0.164 e. The van der Waals surface area contributed by atoms with Gasteiger partial charge in [0.1, 0.15) is 0 Å². The quantitative estimate of drug-likeness (QED) is 0.784. The first-order valence-corrected chi connectivity index (χ1v) is 11.9. The molecule has 6 heteroatoms. The Morgan fingerprint density at radius 3 is 2.44 bits per heavy atom. The first-order valence-electron chi connectivity index (χ1n) is 9.16. The molecule has 0 unspecified atom stereocenters. The molecular weight excluding hydrogens is 376 g/mol. The van der Waals surface area contributed by atoms with Crippen molar-refractivity contribution in [3.05, 3.63) is 64.7 Å². The Balaban J connectivity index is 1.72. The average Bonchev–Trinajstić information content (AvgIpc) is 3.06. The highest BCUT2D eigenvalue weighted by molar-refractivity contribution is 8.15. The lowest BCUT2D eigenvalue weighted by Gasteiger charge is -2.26. The third-order valence-corrected chi connectivity index (χ3v) is 8.39. The van der Waals surface area contributed by atoms with Crippen LogP contribution in [0, 0.1) is 20.8 Å². The standard InChI is InChI=1S/C21H24N2O2S2/c1-14-8-15(2)10-18(9-14)23(11-17-7-5-4-6-16(17)3)21-22-19-12-27(24,25)13-20(19)26-21/h4-10,19-20H,11-13H2,1-3H3/t19-,20-/m1/s1. The molecule has 2 aromatic rings. The molecular formula is C21H24N2O2S2. The number of hydrogen-bond donors (Lipinski definition) is 0. The number of sulfone groups is 1. The van der Waals surface area contributed by atoms with Crippen LogP contribution in [-0.4, -0.2) is 36.4 Å². The van der Waals surface area contributed by atoms with E-state index in [2.05, 4.69) is 68.1 Å². The molecule has 2 aromatic carbocycles. The maximum atomic E-state index is 11.9. The van der Waals surface area contributed by atoms with Crippen molar-refractivity contribution < 1.29 is 8.42 Å². The predicted molar refractivity (Wildman–Crippen MR) is 115 cm³/mol. The van der Waals surface area contributed by atoms with Gasteiger partial charge in [0.2, 0.25) is 0 Å². The summed E-state index contributed by atoms with van der Waals surface area (Å²) < 4.78 is 23.8. The van der Waals surface area contributed by atoms with E-state index in [1.54, 1.807) is 11.8 Å². The number of hydrogen-bond acceptors (Lipinski definition) is 5. The van der Waals surface area contributed by atoms with Crippen LogP contribution in [0.5, 0.6) is 0 Å². The summed E-state index contributed by atoms with van der Waals surface area (Å²) >= 11 is 1.62. The third-order valence-electron chi connectivity index (χ3n) is 5.14. The Labute approximate surface area is 165 Å². The van der Waals surface area contributed by atoms with Gasteiger partial charge >= 0.3 is 0 Å². The largest absolute Gasteiger partial charge is 0.317 e. The van der Waals surface area contributed by atoms with Gasteiger partial charge in [-0.05, 0) is 55.2 Å². The van der Waals surface area contributed by atoms with Crippen molar-refractivity contribution in [3.8, 4) is 0 Å². The van der Waals surface area contributed by atoms with Gasteiger partial charge in [-0.25, -0.2) is 8.42 Å². The highest BCUT2D eigenvalue weighted by Gasteiger charge is 2.44. The van der Waals surface area contributed by atoms with Crippen LogP contribution in [0.2, 0.25) is 0 Å². The van der Waals surface area contributed by atoms with Crippen LogP contribution in [0.3, 0.4) is 0 Å². The van der Waals surface area contributed by atoms with Gasteiger partial charge in [-0.1, -0.05) is 42.1 Å². The van der Waals surface area contributed by atoms with Crippen LogP contribution in [0.25, 0.3) is 0 Å². The first kappa shape index (κ1) is 18.6. The maximum absolute atomic E-state index is 11.9. The summed E-state index contributed by atoms with van der Waals surface area (Å²) in [5.74, 6) is 0.416. The van der Waals surface area contributed by atoms with Crippen molar-refractivity contribution >= 4 is 32.5 Å². The summed E-state index contributed by atoms with van der Waals surface area (Å²) in [6.07, 6.45) is 0. The maximum Gasteiger partial charge on any atom is 0.164 e. The molecule has 0 spiro atoms. The molecule has 4 nitrogen and oxygen atoms in total. The molecule has 2 aliphatic rings. The third kappa shape index (κ3) is 3.92. The van der Waals surface area contributed by atoms with Crippen LogP contribution < -0.4 is 4.90 Å². The van der Waals surface area contributed by atoms with E-state index in [0.717, 1.165) is 17.4 Å². The van der Waals surface area contributed by atoms with Crippen LogP contribution in [0.1, 0.15) is 22.3 Å². The van der Waals surface area contributed by atoms with E-state index in [0.29, 0.717) is 0 Å². The van der Waals surface area contributed by atoms with E-state index in [9.17, 15) is 8.42 Å². The highest BCUT2D eigenvalue weighted by Crippen LogP contribution is 2.37. The van der Waals surface area contributed by atoms with Gasteiger partial charge in [0, 0.05) is 10.9 Å². The first-order chi connectivity index (χ1) is 12.8. The van der Waals surface area contributed by atoms with Crippen LogP contribution >= 0.6 is 11.8 Å². The number of aryl methyl sites for hydroxylation is 3. The molecule has 0 bridgehead atoms. The molecule has 1 saturated heterocycles. The zero-order valence-corrected chi connectivity index (χ0v) is 17.5. The number of rotatable bonds is 3. The summed E-state index contributed by atoms with van der Waals surface area (Å²) in [5.41, 5.74) is 6.05. The normalized spacial score (nSPS) is 23.1.